The summed E-state index contributed by atoms with van der Waals surface area (Å²) < 4.78 is 0. The molecule has 4 N–H and O–H groups in total. The minimum Gasteiger partial charge on any atom is -0.392 e. The second kappa shape index (κ2) is 2.82. The van der Waals surface area contributed by atoms with Gasteiger partial charge in [-0.25, -0.2) is 4.79 Å². The van der Waals surface area contributed by atoms with E-state index in [2.05, 4.69) is 0 Å². The number of nitrogens with two attached hydrogens (primary N) is 1. The summed E-state index contributed by atoms with van der Waals surface area (Å²) in [7, 11) is 0. The number of nitrogens with one attached hydrogen (secondary N) is 2. The van der Waals surface area contributed by atoms with E-state index in [-0.39, 0.29) is 5.69 Å². The fourth-order valence-electron chi connectivity index (χ4n) is 0.651. The molecular weight excluding hydrogens is 186 g/mol. The first kappa shape index (κ1) is 8.54. The number of rotatable bonds is 1. The third-order valence-electron chi connectivity index (χ3n) is 1.18. The van der Waals surface area contributed by atoms with Crippen LogP contribution in [0.3, 0.4) is 0 Å². The Balaban J connectivity index is 3.59. The van der Waals surface area contributed by atoms with Gasteiger partial charge in [0.25, 0.3) is 10.8 Å². The van der Waals surface area contributed by atoms with Crippen LogP contribution < -0.4 is 17.0 Å². The van der Waals surface area contributed by atoms with Crippen molar-refractivity contribution in [1.82, 2.24) is 9.97 Å². The molecule has 0 atom stereocenters. The molecule has 1 heterocycles. The second-order valence-corrected chi connectivity index (χ2v) is 2.31. The predicted molar refractivity (Wildman–Crippen MR) is 42.3 cm³/mol. The van der Waals surface area contributed by atoms with Crippen LogP contribution in [0.15, 0.2) is 9.59 Å². The molecule has 0 aliphatic rings. The first-order valence-electron chi connectivity index (χ1n) is 2.84. The van der Waals surface area contributed by atoms with E-state index in [1.165, 1.54) is 0 Å². The van der Waals surface area contributed by atoms with Crippen molar-refractivity contribution in [1.29, 1.82) is 0 Å². The van der Waals surface area contributed by atoms with Crippen molar-refractivity contribution in [3.8, 4) is 0 Å². The van der Waals surface area contributed by atoms with Crippen LogP contribution in [-0.2, 0) is 0 Å². The highest BCUT2D eigenvalue weighted by molar-refractivity contribution is 6.67. The Labute approximate surface area is 70.4 Å². The molecular formula is C5H4ClN3O3. The lowest BCUT2D eigenvalue weighted by Gasteiger charge is -1.95. The van der Waals surface area contributed by atoms with Crippen LogP contribution in [0.25, 0.3) is 0 Å². The average Bonchev–Trinajstić information content (AvgIpc) is 1.96. The minimum absolute atomic E-state index is 0.384. The van der Waals surface area contributed by atoms with Crippen molar-refractivity contribution >= 4 is 22.5 Å². The normalized spacial score (nSPS) is 9.75. The van der Waals surface area contributed by atoms with E-state index in [0.717, 1.165) is 0 Å². The third kappa shape index (κ3) is 1.37. The Morgan fingerprint density at radius 3 is 2.42 bits per heavy atom. The number of hydrogen-bond donors (Lipinski definition) is 3. The zero-order valence-electron chi connectivity index (χ0n) is 5.68. The molecule has 0 aliphatic heterocycles. The monoisotopic (exact) mass is 189 g/mol. The van der Waals surface area contributed by atoms with Gasteiger partial charge in [0.1, 0.15) is 11.4 Å². The summed E-state index contributed by atoms with van der Waals surface area (Å²) >= 11 is 5.01. The number of H-pyrrole nitrogens is 2. The summed E-state index contributed by atoms with van der Waals surface area (Å²) in [6.45, 7) is 0. The van der Waals surface area contributed by atoms with E-state index >= 15 is 0 Å². The molecule has 0 unspecified atom stereocenters. The van der Waals surface area contributed by atoms with Crippen LogP contribution >= 0.6 is 11.6 Å². The number of nitrogen functional groups attached to an aromatic ring is 1. The summed E-state index contributed by atoms with van der Waals surface area (Å²) in [5.74, 6) is 0. The molecule has 1 aromatic heterocycles. The van der Waals surface area contributed by atoms with Gasteiger partial charge in [0.2, 0.25) is 0 Å². The number of carbonyl (C=O) groups is 1. The van der Waals surface area contributed by atoms with E-state index in [1.807, 2.05) is 9.97 Å². The molecule has 0 fully saturated rings. The van der Waals surface area contributed by atoms with Gasteiger partial charge in [-0.1, -0.05) is 0 Å². The Kier molecular flexibility index (Phi) is 2.01. The molecule has 0 radical (unpaired) electrons. The van der Waals surface area contributed by atoms with Crippen LogP contribution in [0.5, 0.6) is 0 Å². The third-order valence-corrected chi connectivity index (χ3v) is 1.37. The van der Waals surface area contributed by atoms with E-state index in [1.54, 1.807) is 0 Å². The molecule has 0 spiro atoms. The summed E-state index contributed by atoms with van der Waals surface area (Å²) in [5.41, 5.74) is 2.70. The topological polar surface area (TPSA) is 109 Å². The highest BCUT2D eigenvalue weighted by atomic mass is 35.5. The number of halogens is 1. The van der Waals surface area contributed by atoms with Crippen LogP contribution in [-0.4, -0.2) is 15.2 Å². The van der Waals surface area contributed by atoms with Crippen molar-refractivity contribution < 1.29 is 4.79 Å². The van der Waals surface area contributed by atoms with Gasteiger partial charge in [-0.3, -0.25) is 14.6 Å². The summed E-state index contributed by atoms with van der Waals surface area (Å²) in [4.78, 5) is 35.7. The van der Waals surface area contributed by atoms with Crippen molar-refractivity contribution in [2.45, 2.75) is 0 Å². The van der Waals surface area contributed by atoms with E-state index in [4.69, 9.17) is 17.3 Å². The molecule has 0 aromatic carbocycles. The smallest absolute Gasteiger partial charge is 0.326 e. The minimum atomic E-state index is -0.976. The van der Waals surface area contributed by atoms with Crippen LogP contribution in [0, 0.1) is 0 Å². The van der Waals surface area contributed by atoms with Crippen molar-refractivity contribution in [3.05, 3.63) is 26.5 Å². The van der Waals surface area contributed by atoms with Crippen molar-refractivity contribution in [3.63, 3.8) is 0 Å². The maximum absolute atomic E-state index is 10.8. The first-order valence-corrected chi connectivity index (χ1v) is 3.22. The lowest BCUT2D eigenvalue weighted by molar-refractivity contribution is 0.107. The number of aromatic amines is 2. The van der Waals surface area contributed by atoms with Gasteiger partial charge < -0.3 is 10.7 Å². The zero-order chi connectivity index (χ0) is 9.30. The Morgan fingerprint density at radius 1 is 1.33 bits per heavy atom. The summed E-state index contributed by atoms with van der Waals surface area (Å²) in [5, 5.41) is -0.976. The molecule has 0 saturated heterocycles. The number of hydrogen-bond acceptors (Lipinski definition) is 4. The molecule has 6 nitrogen and oxygen atoms in total. The second-order valence-electron chi connectivity index (χ2n) is 1.97. The van der Waals surface area contributed by atoms with Gasteiger partial charge >= 0.3 is 5.69 Å². The molecule has 0 aliphatic carbocycles. The van der Waals surface area contributed by atoms with Gasteiger partial charge in [0.05, 0.1) is 0 Å². The first-order chi connectivity index (χ1) is 5.52. The highest BCUT2D eigenvalue weighted by Gasteiger charge is 2.10. The molecule has 7 heteroatoms. The molecule has 64 valence electrons. The molecule has 0 saturated carbocycles. The highest BCUT2D eigenvalue weighted by Crippen LogP contribution is 2.01. The summed E-state index contributed by atoms with van der Waals surface area (Å²) in [6.07, 6.45) is 0. The maximum Gasteiger partial charge on any atom is 0.326 e. The molecule has 1 rings (SSSR count). The standard InChI is InChI=1S/C5H4ClN3O3/c6-3(10)2-1(7)4(11)9-5(12)8-2/h7H2,(H2,8,9,11,12). The van der Waals surface area contributed by atoms with Gasteiger partial charge in [-0.2, -0.15) is 0 Å². The van der Waals surface area contributed by atoms with Crippen LogP contribution in [0.1, 0.15) is 10.5 Å². The quantitative estimate of drug-likeness (QED) is 0.494. The fourth-order valence-corrected chi connectivity index (χ4v) is 0.800. The van der Waals surface area contributed by atoms with Crippen molar-refractivity contribution in [2.75, 3.05) is 5.73 Å². The zero-order valence-corrected chi connectivity index (χ0v) is 6.44. The van der Waals surface area contributed by atoms with E-state index in [0.29, 0.717) is 0 Å². The Morgan fingerprint density at radius 2 is 1.92 bits per heavy atom. The van der Waals surface area contributed by atoms with Gasteiger partial charge in [0, 0.05) is 0 Å². The van der Waals surface area contributed by atoms with Crippen LogP contribution in [0.4, 0.5) is 5.69 Å². The number of carbonyl (C=O) groups excluding carboxylic acids is 1. The van der Waals surface area contributed by atoms with Gasteiger partial charge in [-0.15, -0.1) is 0 Å². The fraction of sp³-hybridized carbons (Fsp3) is 0. The number of aromatic nitrogens is 2. The largest absolute Gasteiger partial charge is 0.392 e. The molecule has 0 amide bonds. The lowest BCUT2D eigenvalue weighted by Crippen LogP contribution is -2.27. The van der Waals surface area contributed by atoms with Crippen molar-refractivity contribution in [2.24, 2.45) is 0 Å². The van der Waals surface area contributed by atoms with Gasteiger partial charge in [0.15, 0.2) is 0 Å². The summed E-state index contributed by atoms with van der Waals surface area (Å²) in [6, 6.07) is 0. The maximum atomic E-state index is 10.8. The predicted octanol–water partition coefficient (Wildman–Crippen LogP) is -0.976. The average molecular weight is 190 g/mol. The van der Waals surface area contributed by atoms with Crippen LogP contribution in [0.2, 0.25) is 0 Å². The Hall–Kier alpha value is -1.56. The molecule has 12 heavy (non-hydrogen) atoms. The Bertz CT molecular complexity index is 432. The lowest BCUT2D eigenvalue weighted by atomic mass is 10.4. The van der Waals surface area contributed by atoms with Gasteiger partial charge in [-0.05, 0) is 11.6 Å². The van der Waals surface area contributed by atoms with E-state index < -0.39 is 22.2 Å². The van der Waals surface area contributed by atoms with E-state index in [9.17, 15) is 14.4 Å². The molecule has 1 aromatic rings. The molecule has 0 bridgehead atoms. The SMILES string of the molecule is Nc1c(C(=O)Cl)[nH]c(=O)[nH]c1=O. The number of anilines is 1.